The van der Waals surface area contributed by atoms with Crippen molar-refractivity contribution < 1.29 is 29.3 Å². The molecule has 0 spiro atoms. The second-order valence-corrected chi connectivity index (χ2v) is 9.98. The van der Waals surface area contributed by atoms with Gasteiger partial charge in [0.1, 0.15) is 18.1 Å². The molecule has 37 heavy (non-hydrogen) atoms. The molecule has 3 saturated heterocycles. The minimum Gasteiger partial charge on any atom is -0.481 e. The first kappa shape index (κ1) is 26.8. The summed E-state index contributed by atoms with van der Waals surface area (Å²) in [5, 5.41) is 18.2. The highest BCUT2D eigenvalue weighted by molar-refractivity contribution is 5.98. The molecule has 1 amide bonds. The summed E-state index contributed by atoms with van der Waals surface area (Å²) >= 11 is 0. The third-order valence-corrected chi connectivity index (χ3v) is 7.39. The number of carboxylic acid groups (broad SMARTS) is 2. The average molecular weight is 517 g/mol. The third kappa shape index (κ3) is 6.96. The summed E-state index contributed by atoms with van der Waals surface area (Å²) < 4.78 is 5.61. The highest BCUT2D eigenvalue weighted by Crippen LogP contribution is 2.25. The SMILES string of the molecule is CN1CCC(C(=O)O)CC1N=C(N)c1ccc(N2CC(CN3CCN(CCC(=O)O)CC3)OC2=O)cc1. The number of amidine groups is 1. The van der Waals surface area contributed by atoms with E-state index in [2.05, 4.69) is 14.8 Å². The van der Waals surface area contributed by atoms with Crippen LogP contribution in [0.5, 0.6) is 0 Å². The highest BCUT2D eigenvalue weighted by atomic mass is 16.6. The van der Waals surface area contributed by atoms with E-state index in [0.29, 0.717) is 56.1 Å². The van der Waals surface area contributed by atoms with Crippen LogP contribution in [0.4, 0.5) is 10.5 Å². The molecule has 4 N–H and O–H groups in total. The van der Waals surface area contributed by atoms with Crippen molar-refractivity contribution in [1.82, 2.24) is 14.7 Å². The number of likely N-dealkylation sites (tertiary alicyclic amines) is 1. The van der Waals surface area contributed by atoms with Gasteiger partial charge in [-0.15, -0.1) is 0 Å². The number of cyclic esters (lactones) is 1. The molecule has 3 unspecified atom stereocenters. The Morgan fingerprint density at radius 3 is 2.41 bits per heavy atom. The predicted molar refractivity (Wildman–Crippen MR) is 137 cm³/mol. The maximum absolute atomic E-state index is 12.6. The molecule has 0 aliphatic carbocycles. The molecule has 3 atom stereocenters. The number of piperazine rings is 1. The molecule has 3 aliphatic rings. The lowest BCUT2D eigenvalue weighted by Gasteiger charge is -2.35. The first-order chi connectivity index (χ1) is 17.7. The van der Waals surface area contributed by atoms with Gasteiger partial charge in [0.05, 0.1) is 18.9 Å². The van der Waals surface area contributed by atoms with Gasteiger partial charge in [-0.3, -0.25) is 24.3 Å². The van der Waals surface area contributed by atoms with Crippen molar-refractivity contribution in [1.29, 1.82) is 0 Å². The summed E-state index contributed by atoms with van der Waals surface area (Å²) in [5.41, 5.74) is 7.66. The number of piperidine rings is 1. The van der Waals surface area contributed by atoms with Gasteiger partial charge < -0.3 is 25.6 Å². The molecule has 0 bridgehead atoms. The van der Waals surface area contributed by atoms with Crippen molar-refractivity contribution in [3.63, 3.8) is 0 Å². The Morgan fingerprint density at radius 2 is 1.76 bits per heavy atom. The van der Waals surface area contributed by atoms with Gasteiger partial charge >= 0.3 is 18.0 Å². The average Bonchev–Trinajstić information content (AvgIpc) is 3.24. The molecule has 4 rings (SSSR count). The minimum absolute atomic E-state index is 0.147. The molecule has 3 heterocycles. The first-order valence-electron chi connectivity index (χ1n) is 12.7. The number of hydrogen-bond donors (Lipinski definition) is 3. The zero-order valence-corrected chi connectivity index (χ0v) is 21.2. The number of nitrogens with zero attached hydrogens (tertiary/aromatic N) is 5. The zero-order valence-electron chi connectivity index (χ0n) is 21.2. The fourth-order valence-electron chi connectivity index (χ4n) is 5.05. The summed E-state index contributed by atoms with van der Waals surface area (Å²) in [6.07, 6.45) is 0.249. The number of carboxylic acids is 2. The lowest BCUT2D eigenvalue weighted by atomic mass is 9.95. The fraction of sp³-hybridized carbons (Fsp3) is 0.600. The van der Waals surface area contributed by atoms with Crippen molar-refractivity contribution in [2.24, 2.45) is 16.6 Å². The monoisotopic (exact) mass is 516 g/mol. The molecule has 1 aromatic carbocycles. The van der Waals surface area contributed by atoms with Gasteiger partial charge in [0.15, 0.2) is 0 Å². The van der Waals surface area contributed by atoms with E-state index in [0.717, 1.165) is 26.2 Å². The van der Waals surface area contributed by atoms with Crippen molar-refractivity contribution in [3.8, 4) is 0 Å². The number of aliphatic imine (C=N–C) groups is 1. The Morgan fingerprint density at radius 1 is 1.08 bits per heavy atom. The Balaban J connectivity index is 1.30. The Labute approximate surface area is 216 Å². The van der Waals surface area contributed by atoms with Crippen molar-refractivity contribution in [2.75, 3.05) is 64.3 Å². The van der Waals surface area contributed by atoms with Crippen LogP contribution in [0.3, 0.4) is 0 Å². The first-order valence-corrected chi connectivity index (χ1v) is 12.7. The number of rotatable bonds is 9. The highest BCUT2D eigenvalue weighted by Gasteiger charge is 2.34. The Kier molecular flexibility index (Phi) is 8.62. The van der Waals surface area contributed by atoms with E-state index in [1.54, 1.807) is 4.90 Å². The van der Waals surface area contributed by atoms with Crippen LogP contribution in [0.2, 0.25) is 0 Å². The van der Waals surface area contributed by atoms with E-state index >= 15 is 0 Å². The van der Waals surface area contributed by atoms with Crippen LogP contribution in [-0.2, 0) is 14.3 Å². The van der Waals surface area contributed by atoms with E-state index < -0.39 is 17.9 Å². The molecular weight excluding hydrogens is 480 g/mol. The summed E-state index contributed by atoms with van der Waals surface area (Å²) in [6.45, 7) is 5.51. The molecule has 3 aliphatic heterocycles. The van der Waals surface area contributed by atoms with E-state index in [-0.39, 0.29) is 24.8 Å². The maximum Gasteiger partial charge on any atom is 0.414 e. The summed E-state index contributed by atoms with van der Waals surface area (Å²) in [6, 6.07) is 7.24. The molecule has 202 valence electrons. The van der Waals surface area contributed by atoms with Gasteiger partial charge in [0.25, 0.3) is 0 Å². The topological polar surface area (TPSA) is 152 Å². The van der Waals surface area contributed by atoms with Crippen molar-refractivity contribution >= 4 is 29.6 Å². The van der Waals surface area contributed by atoms with Crippen LogP contribution in [0.25, 0.3) is 0 Å². The maximum atomic E-state index is 12.6. The number of carbonyl (C=O) groups excluding carboxylic acids is 1. The Hall–Kier alpha value is -3.22. The number of benzene rings is 1. The van der Waals surface area contributed by atoms with Crippen molar-refractivity contribution in [3.05, 3.63) is 29.8 Å². The second kappa shape index (κ2) is 11.9. The summed E-state index contributed by atoms with van der Waals surface area (Å²) in [4.78, 5) is 47.3. The van der Waals surface area contributed by atoms with E-state index in [9.17, 15) is 19.5 Å². The molecule has 0 radical (unpaired) electrons. The van der Waals surface area contributed by atoms with Crippen LogP contribution in [0.1, 0.15) is 24.8 Å². The van der Waals surface area contributed by atoms with E-state index in [1.807, 2.05) is 36.2 Å². The molecule has 3 fully saturated rings. The fourth-order valence-corrected chi connectivity index (χ4v) is 5.05. The number of amides is 1. The lowest BCUT2D eigenvalue weighted by molar-refractivity contribution is -0.144. The minimum atomic E-state index is -0.801. The molecule has 12 nitrogen and oxygen atoms in total. The van der Waals surface area contributed by atoms with Gasteiger partial charge in [-0.2, -0.15) is 0 Å². The number of anilines is 1. The van der Waals surface area contributed by atoms with Gasteiger partial charge in [-0.25, -0.2) is 9.79 Å². The predicted octanol–water partition coefficient (Wildman–Crippen LogP) is 0.562. The lowest BCUT2D eigenvalue weighted by Crippen LogP contribution is -2.49. The number of ether oxygens (including phenoxy) is 1. The summed E-state index contributed by atoms with van der Waals surface area (Å²) in [5.74, 6) is -1.67. The molecule has 0 saturated carbocycles. The van der Waals surface area contributed by atoms with Crippen LogP contribution >= 0.6 is 0 Å². The van der Waals surface area contributed by atoms with E-state index in [1.165, 1.54) is 0 Å². The van der Waals surface area contributed by atoms with Crippen LogP contribution in [0, 0.1) is 5.92 Å². The molecule has 0 aromatic heterocycles. The standard InChI is InChI=1S/C25H36N6O6/c1-28-8-6-18(24(34)35)14-21(28)27-23(26)17-2-4-19(5-3-17)31-16-20(37-25(31)36)15-30-12-10-29(11-13-30)9-7-22(32)33/h2-5,18,20-21H,6-16H2,1H3,(H2,26,27)(H,32,33)(H,34,35). The molecular formula is C25H36N6O6. The number of hydrogen-bond acceptors (Lipinski definition) is 8. The largest absolute Gasteiger partial charge is 0.481 e. The summed E-state index contributed by atoms with van der Waals surface area (Å²) in [7, 11) is 1.91. The smallest absolute Gasteiger partial charge is 0.414 e. The molecule has 1 aromatic rings. The third-order valence-electron chi connectivity index (χ3n) is 7.39. The number of aliphatic carboxylic acids is 2. The van der Waals surface area contributed by atoms with Gasteiger partial charge in [-0.05, 0) is 44.2 Å². The van der Waals surface area contributed by atoms with Gasteiger partial charge in [-0.1, -0.05) is 0 Å². The Bertz CT molecular complexity index is 1010. The van der Waals surface area contributed by atoms with Crippen LogP contribution in [0.15, 0.2) is 29.3 Å². The van der Waals surface area contributed by atoms with Crippen LogP contribution in [-0.4, -0.2) is 120 Å². The van der Waals surface area contributed by atoms with E-state index in [4.69, 9.17) is 15.6 Å². The van der Waals surface area contributed by atoms with Gasteiger partial charge in [0, 0.05) is 57.1 Å². The number of nitrogens with two attached hydrogens (primary N) is 1. The van der Waals surface area contributed by atoms with Crippen molar-refractivity contribution in [2.45, 2.75) is 31.5 Å². The zero-order chi connectivity index (χ0) is 26.5. The molecule has 12 heteroatoms. The van der Waals surface area contributed by atoms with Gasteiger partial charge in [0.2, 0.25) is 0 Å². The second-order valence-electron chi connectivity index (χ2n) is 9.98. The van der Waals surface area contributed by atoms with Crippen LogP contribution < -0.4 is 10.6 Å². The quantitative estimate of drug-likeness (QED) is 0.314. The number of carbonyl (C=O) groups is 3. The normalized spacial score (nSPS) is 26.3.